The predicted molar refractivity (Wildman–Crippen MR) is 88.4 cm³/mol. The summed E-state index contributed by atoms with van der Waals surface area (Å²) >= 11 is 0. The summed E-state index contributed by atoms with van der Waals surface area (Å²) in [5.74, 6) is 0.699. The first-order valence-electron chi connectivity index (χ1n) is 8.77. The second-order valence-electron chi connectivity index (χ2n) is 6.89. The molecule has 0 aromatic rings. The van der Waals surface area contributed by atoms with Gasteiger partial charge in [0.2, 0.25) is 11.8 Å². The lowest BCUT2D eigenvalue weighted by Crippen LogP contribution is -2.46. The van der Waals surface area contributed by atoms with Gasteiger partial charge in [-0.05, 0) is 50.9 Å². The maximum absolute atomic E-state index is 12.4. The number of likely N-dealkylation sites (tertiary alicyclic amines) is 1. The Labute approximate surface area is 134 Å². The van der Waals surface area contributed by atoms with Gasteiger partial charge in [-0.25, -0.2) is 0 Å². The second-order valence-corrected chi connectivity index (χ2v) is 6.89. The third kappa shape index (κ3) is 5.15. The van der Waals surface area contributed by atoms with Gasteiger partial charge in [-0.15, -0.1) is 0 Å². The van der Waals surface area contributed by atoms with E-state index in [2.05, 4.69) is 13.0 Å². The number of nitrogens with zero attached hydrogens (tertiary/aromatic N) is 2. The molecule has 2 rings (SSSR count). The summed E-state index contributed by atoms with van der Waals surface area (Å²) in [6.07, 6.45) is 10.4. The molecule has 0 N–H and O–H groups in total. The average Bonchev–Trinajstić information content (AvgIpc) is 2.52. The van der Waals surface area contributed by atoms with E-state index in [4.69, 9.17) is 0 Å². The smallest absolute Gasteiger partial charge is 0.242 e. The van der Waals surface area contributed by atoms with Gasteiger partial charge in [0, 0.05) is 26.6 Å². The second kappa shape index (κ2) is 8.35. The van der Waals surface area contributed by atoms with Crippen molar-refractivity contribution >= 4 is 11.8 Å². The van der Waals surface area contributed by atoms with Crippen LogP contribution in [0.25, 0.3) is 0 Å². The minimum absolute atomic E-state index is 0.00909. The Bertz CT molecular complexity index is 431. The molecule has 1 unspecified atom stereocenters. The Hall–Kier alpha value is -1.32. The number of carbonyl (C=O) groups excluding carboxylic acids is 2. The first-order chi connectivity index (χ1) is 10.6. The Morgan fingerprint density at radius 2 is 2.14 bits per heavy atom. The van der Waals surface area contributed by atoms with E-state index in [0.717, 1.165) is 32.4 Å². The molecule has 1 heterocycles. The van der Waals surface area contributed by atoms with Crippen LogP contribution in [0.2, 0.25) is 0 Å². The van der Waals surface area contributed by atoms with Gasteiger partial charge < -0.3 is 9.80 Å². The normalized spacial score (nSPS) is 22.2. The first-order valence-corrected chi connectivity index (χ1v) is 8.77. The van der Waals surface area contributed by atoms with Crippen LogP contribution in [0, 0.1) is 5.92 Å². The van der Waals surface area contributed by atoms with Gasteiger partial charge in [0.15, 0.2) is 0 Å². The van der Waals surface area contributed by atoms with E-state index >= 15 is 0 Å². The van der Waals surface area contributed by atoms with Crippen molar-refractivity contribution in [2.75, 3.05) is 26.2 Å². The Kier molecular flexibility index (Phi) is 6.47. The summed E-state index contributed by atoms with van der Waals surface area (Å²) in [5, 5.41) is 0. The van der Waals surface area contributed by atoms with Crippen molar-refractivity contribution in [3.8, 4) is 0 Å². The highest BCUT2D eigenvalue weighted by atomic mass is 16.2. The number of carbonyl (C=O) groups is 2. The van der Waals surface area contributed by atoms with Crippen molar-refractivity contribution in [2.24, 2.45) is 5.92 Å². The molecule has 0 saturated carbocycles. The molecule has 0 aromatic carbocycles. The van der Waals surface area contributed by atoms with Crippen LogP contribution in [-0.4, -0.2) is 47.8 Å². The first kappa shape index (κ1) is 17.0. The van der Waals surface area contributed by atoms with Crippen LogP contribution in [-0.2, 0) is 9.59 Å². The summed E-state index contributed by atoms with van der Waals surface area (Å²) in [6.45, 7) is 6.38. The highest BCUT2D eigenvalue weighted by Crippen LogP contribution is 2.20. The fourth-order valence-corrected chi connectivity index (χ4v) is 3.44. The quantitative estimate of drug-likeness (QED) is 0.733. The van der Waals surface area contributed by atoms with Crippen LogP contribution in [0.4, 0.5) is 0 Å². The van der Waals surface area contributed by atoms with E-state index < -0.39 is 0 Å². The van der Waals surface area contributed by atoms with E-state index in [1.54, 1.807) is 11.8 Å². The maximum Gasteiger partial charge on any atom is 0.242 e. The minimum atomic E-state index is 0.00909. The zero-order chi connectivity index (χ0) is 15.9. The van der Waals surface area contributed by atoms with Gasteiger partial charge in [0.05, 0.1) is 6.54 Å². The molecule has 1 atom stereocenters. The van der Waals surface area contributed by atoms with Gasteiger partial charge in [-0.2, -0.15) is 0 Å². The lowest BCUT2D eigenvalue weighted by molar-refractivity contribution is -0.140. The average molecular weight is 306 g/mol. The Morgan fingerprint density at radius 3 is 2.77 bits per heavy atom. The van der Waals surface area contributed by atoms with Crippen LogP contribution in [0.3, 0.4) is 0 Å². The molecule has 0 aromatic heterocycles. The van der Waals surface area contributed by atoms with E-state index in [0.29, 0.717) is 12.5 Å². The highest BCUT2D eigenvalue weighted by Gasteiger charge is 2.23. The number of piperidine rings is 1. The molecule has 0 spiro atoms. The minimum Gasteiger partial charge on any atom is -0.341 e. The van der Waals surface area contributed by atoms with Crippen molar-refractivity contribution in [3.63, 3.8) is 0 Å². The number of rotatable bonds is 5. The zero-order valence-electron chi connectivity index (χ0n) is 14.1. The van der Waals surface area contributed by atoms with Gasteiger partial charge in [-0.1, -0.05) is 18.6 Å². The fraction of sp³-hybridized carbons (Fsp3) is 0.778. The van der Waals surface area contributed by atoms with Crippen LogP contribution in [0.5, 0.6) is 0 Å². The molecule has 4 heteroatoms. The third-order valence-electron chi connectivity index (χ3n) is 4.87. The Morgan fingerprint density at radius 1 is 1.32 bits per heavy atom. The highest BCUT2D eigenvalue weighted by molar-refractivity contribution is 5.83. The summed E-state index contributed by atoms with van der Waals surface area (Å²) in [7, 11) is 0. The van der Waals surface area contributed by atoms with E-state index in [1.165, 1.54) is 31.3 Å². The third-order valence-corrected chi connectivity index (χ3v) is 4.87. The lowest BCUT2D eigenvalue weighted by Gasteiger charge is -2.33. The molecule has 1 aliphatic carbocycles. The van der Waals surface area contributed by atoms with Crippen molar-refractivity contribution in [1.29, 1.82) is 0 Å². The van der Waals surface area contributed by atoms with Crippen LogP contribution < -0.4 is 0 Å². The lowest BCUT2D eigenvalue weighted by atomic mass is 9.97. The van der Waals surface area contributed by atoms with Gasteiger partial charge in [0.25, 0.3) is 0 Å². The largest absolute Gasteiger partial charge is 0.341 e. The molecule has 124 valence electrons. The molecular formula is C18H30N2O2. The number of hydrogen-bond donors (Lipinski definition) is 0. The van der Waals surface area contributed by atoms with E-state index in [1.807, 2.05) is 4.90 Å². The molecule has 4 nitrogen and oxygen atoms in total. The Balaban J connectivity index is 1.83. The van der Waals surface area contributed by atoms with Gasteiger partial charge in [-0.3, -0.25) is 9.59 Å². The molecule has 0 radical (unpaired) electrons. The zero-order valence-corrected chi connectivity index (χ0v) is 14.1. The topological polar surface area (TPSA) is 40.6 Å². The van der Waals surface area contributed by atoms with Crippen molar-refractivity contribution in [3.05, 3.63) is 11.6 Å². The fourth-order valence-electron chi connectivity index (χ4n) is 3.44. The summed E-state index contributed by atoms with van der Waals surface area (Å²) < 4.78 is 0. The summed E-state index contributed by atoms with van der Waals surface area (Å²) in [6, 6.07) is 0. The van der Waals surface area contributed by atoms with Crippen LogP contribution in [0.15, 0.2) is 11.6 Å². The maximum atomic E-state index is 12.4. The van der Waals surface area contributed by atoms with Gasteiger partial charge in [0.1, 0.15) is 0 Å². The predicted octanol–water partition coefficient (Wildman–Crippen LogP) is 2.98. The van der Waals surface area contributed by atoms with E-state index in [-0.39, 0.29) is 18.4 Å². The SMILES string of the molecule is CC(=O)N(CCC1=CCCCC1)CC(=O)N1CCCC(C)C1. The summed E-state index contributed by atoms with van der Waals surface area (Å²) in [4.78, 5) is 27.9. The van der Waals surface area contributed by atoms with Crippen molar-refractivity contribution in [1.82, 2.24) is 9.80 Å². The van der Waals surface area contributed by atoms with Gasteiger partial charge >= 0.3 is 0 Å². The number of hydrogen-bond acceptors (Lipinski definition) is 2. The van der Waals surface area contributed by atoms with E-state index in [9.17, 15) is 9.59 Å². The van der Waals surface area contributed by atoms with Crippen molar-refractivity contribution in [2.45, 2.75) is 58.8 Å². The molecule has 2 amide bonds. The number of allylic oxidation sites excluding steroid dienone is 1. The summed E-state index contributed by atoms with van der Waals surface area (Å²) in [5.41, 5.74) is 1.46. The molecule has 1 saturated heterocycles. The molecular weight excluding hydrogens is 276 g/mol. The van der Waals surface area contributed by atoms with Crippen molar-refractivity contribution < 1.29 is 9.59 Å². The monoisotopic (exact) mass is 306 g/mol. The molecule has 1 fully saturated rings. The molecule has 1 aliphatic heterocycles. The molecule has 0 bridgehead atoms. The molecule has 22 heavy (non-hydrogen) atoms. The number of amides is 2. The molecule has 2 aliphatic rings. The standard InChI is InChI=1S/C18H30N2O2/c1-15-7-6-11-20(13-15)18(22)14-19(16(2)21)12-10-17-8-4-3-5-9-17/h8,15H,3-7,9-14H2,1-2H3. The van der Waals surface area contributed by atoms with Crippen LogP contribution in [0.1, 0.15) is 58.8 Å². The van der Waals surface area contributed by atoms with Crippen LogP contribution >= 0.6 is 0 Å².